The minimum atomic E-state index is -0.352. The van der Waals surface area contributed by atoms with Gasteiger partial charge in [0.25, 0.3) is 0 Å². The van der Waals surface area contributed by atoms with Crippen LogP contribution in [0.3, 0.4) is 0 Å². The largest absolute Gasteiger partial charge is 0.338 e. The molecule has 0 saturated heterocycles. The number of carbonyl (C=O) groups excluding carboxylic acids is 1. The lowest BCUT2D eigenvalue weighted by Crippen LogP contribution is -2.30. The van der Waals surface area contributed by atoms with E-state index < -0.39 is 0 Å². The number of halogens is 1. The van der Waals surface area contributed by atoms with E-state index in [1.165, 1.54) is 25.0 Å². The Morgan fingerprint density at radius 1 is 1.47 bits per heavy atom. The Morgan fingerprint density at radius 3 is 2.93 bits per heavy atom. The van der Waals surface area contributed by atoms with Gasteiger partial charge in [0.05, 0.1) is 0 Å². The van der Waals surface area contributed by atoms with E-state index in [1.54, 1.807) is 12.1 Å². The molecule has 2 rings (SSSR count). The van der Waals surface area contributed by atoms with Crippen LogP contribution < -0.4 is 10.6 Å². The Kier molecular flexibility index (Phi) is 2.85. The van der Waals surface area contributed by atoms with Crippen LogP contribution >= 0.6 is 0 Å². The molecular formula is C11H13FN2O. The number of hydrogen-bond donors (Lipinski definition) is 2. The van der Waals surface area contributed by atoms with Crippen LogP contribution in [0.4, 0.5) is 14.9 Å². The van der Waals surface area contributed by atoms with Crippen molar-refractivity contribution in [3.05, 3.63) is 30.1 Å². The van der Waals surface area contributed by atoms with Crippen LogP contribution in [0.15, 0.2) is 24.3 Å². The van der Waals surface area contributed by atoms with Gasteiger partial charge < -0.3 is 10.6 Å². The van der Waals surface area contributed by atoms with Gasteiger partial charge in [0.15, 0.2) is 0 Å². The molecule has 4 heteroatoms. The lowest BCUT2D eigenvalue weighted by atomic mass is 10.3. The molecule has 0 radical (unpaired) electrons. The van der Waals surface area contributed by atoms with Crippen LogP contribution in [-0.4, -0.2) is 12.6 Å². The Morgan fingerprint density at radius 2 is 2.27 bits per heavy atom. The summed E-state index contributed by atoms with van der Waals surface area (Å²) in [5.74, 6) is 0.290. The summed E-state index contributed by atoms with van der Waals surface area (Å²) >= 11 is 0. The second kappa shape index (κ2) is 4.29. The first-order valence-electron chi connectivity index (χ1n) is 5.04. The highest BCUT2D eigenvalue weighted by Gasteiger charge is 2.21. The van der Waals surface area contributed by atoms with Gasteiger partial charge in [0, 0.05) is 12.2 Å². The maximum atomic E-state index is 12.8. The van der Waals surface area contributed by atoms with Crippen molar-refractivity contribution in [2.24, 2.45) is 5.92 Å². The number of amides is 2. The zero-order valence-electron chi connectivity index (χ0n) is 8.29. The molecule has 0 spiro atoms. The molecule has 1 aromatic rings. The van der Waals surface area contributed by atoms with Crippen molar-refractivity contribution in [1.29, 1.82) is 0 Å². The van der Waals surface area contributed by atoms with E-state index in [9.17, 15) is 9.18 Å². The number of anilines is 1. The maximum Gasteiger partial charge on any atom is 0.319 e. The Bertz CT molecular complexity index is 363. The fraction of sp³-hybridized carbons (Fsp3) is 0.364. The monoisotopic (exact) mass is 208 g/mol. The van der Waals surface area contributed by atoms with Gasteiger partial charge in [-0.15, -0.1) is 0 Å². The highest BCUT2D eigenvalue weighted by Crippen LogP contribution is 2.27. The summed E-state index contributed by atoms with van der Waals surface area (Å²) in [5, 5.41) is 5.32. The molecule has 1 saturated carbocycles. The average Bonchev–Trinajstić information content (AvgIpc) is 2.98. The second-order valence-corrected chi connectivity index (χ2v) is 3.79. The topological polar surface area (TPSA) is 41.1 Å². The highest BCUT2D eigenvalue weighted by atomic mass is 19.1. The molecule has 1 aromatic carbocycles. The zero-order chi connectivity index (χ0) is 10.7. The molecule has 2 amide bonds. The third kappa shape index (κ3) is 3.23. The minimum absolute atomic E-state index is 0.271. The molecule has 1 aliphatic rings. The molecule has 0 aliphatic heterocycles. The minimum Gasteiger partial charge on any atom is -0.338 e. The third-order valence-corrected chi connectivity index (χ3v) is 2.33. The van der Waals surface area contributed by atoms with Crippen molar-refractivity contribution in [3.8, 4) is 0 Å². The van der Waals surface area contributed by atoms with Crippen LogP contribution in [0, 0.1) is 11.7 Å². The van der Waals surface area contributed by atoms with Gasteiger partial charge in [0.1, 0.15) is 5.82 Å². The molecule has 0 unspecified atom stereocenters. The summed E-state index contributed by atoms with van der Waals surface area (Å²) in [4.78, 5) is 11.3. The first kappa shape index (κ1) is 9.96. The van der Waals surface area contributed by atoms with Gasteiger partial charge in [-0.2, -0.15) is 0 Å². The molecule has 2 N–H and O–H groups in total. The summed E-state index contributed by atoms with van der Waals surface area (Å²) in [6.07, 6.45) is 2.39. The molecular weight excluding hydrogens is 195 g/mol. The van der Waals surface area contributed by atoms with Crippen LogP contribution in [0.1, 0.15) is 12.8 Å². The second-order valence-electron chi connectivity index (χ2n) is 3.79. The molecule has 0 bridgehead atoms. The Hall–Kier alpha value is -1.58. The van der Waals surface area contributed by atoms with Crippen LogP contribution in [0.25, 0.3) is 0 Å². The SMILES string of the molecule is O=C(NCC1CC1)Nc1cccc(F)c1. The van der Waals surface area contributed by atoms with Crippen molar-refractivity contribution in [3.63, 3.8) is 0 Å². The number of nitrogens with one attached hydrogen (secondary N) is 2. The zero-order valence-corrected chi connectivity index (χ0v) is 8.29. The van der Waals surface area contributed by atoms with Gasteiger partial charge >= 0.3 is 6.03 Å². The molecule has 3 nitrogen and oxygen atoms in total. The van der Waals surface area contributed by atoms with Crippen LogP contribution in [0.5, 0.6) is 0 Å². The van der Waals surface area contributed by atoms with Crippen LogP contribution in [-0.2, 0) is 0 Å². The fourth-order valence-electron chi connectivity index (χ4n) is 1.30. The van der Waals surface area contributed by atoms with Gasteiger partial charge in [-0.05, 0) is 37.0 Å². The molecule has 80 valence electrons. The van der Waals surface area contributed by atoms with E-state index in [2.05, 4.69) is 10.6 Å². The van der Waals surface area contributed by atoms with Crippen molar-refractivity contribution in [1.82, 2.24) is 5.32 Å². The van der Waals surface area contributed by atoms with Crippen LogP contribution in [0.2, 0.25) is 0 Å². The number of rotatable bonds is 3. The summed E-state index contributed by atoms with van der Waals surface area (Å²) in [5.41, 5.74) is 0.475. The normalized spacial score (nSPS) is 14.7. The summed E-state index contributed by atoms with van der Waals surface area (Å²) in [6.45, 7) is 0.709. The first-order chi connectivity index (χ1) is 7.24. The number of urea groups is 1. The average molecular weight is 208 g/mol. The van der Waals surface area contributed by atoms with E-state index in [-0.39, 0.29) is 11.8 Å². The van der Waals surface area contributed by atoms with E-state index in [0.29, 0.717) is 18.2 Å². The summed E-state index contributed by atoms with van der Waals surface area (Å²) in [7, 11) is 0. The lowest BCUT2D eigenvalue weighted by molar-refractivity contribution is 0.251. The van der Waals surface area contributed by atoms with Gasteiger partial charge in [-0.1, -0.05) is 6.07 Å². The molecule has 15 heavy (non-hydrogen) atoms. The van der Waals surface area contributed by atoms with Crippen molar-refractivity contribution in [2.75, 3.05) is 11.9 Å². The fourth-order valence-corrected chi connectivity index (χ4v) is 1.30. The quantitative estimate of drug-likeness (QED) is 0.786. The standard InChI is InChI=1S/C11H13FN2O/c12-9-2-1-3-10(6-9)14-11(15)13-7-8-4-5-8/h1-3,6,8H,4-5,7H2,(H2,13,14,15). The third-order valence-electron chi connectivity index (χ3n) is 2.33. The van der Waals surface area contributed by atoms with E-state index in [4.69, 9.17) is 0 Å². The highest BCUT2D eigenvalue weighted by molar-refractivity contribution is 5.89. The molecule has 0 aromatic heterocycles. The van der Waals surface area contributed by atoms with Crippen molar-refractivity contribution >= 4 is 11.7 Å². The lowest BCUT2D eigenvalue weighted by Gasteiger charge is -2.06. The van der Waals surface area contributed by atoms with Crippen molar-refractivity contribution in [2.45, 2.75) is 12.8 Å². The van der Waals surface area contributed by atoms with Gasteiger partial charge in [0.2, 0.25) is 0 Å². The maximum absolute atomic E-state index is 12.8. The molecule has 0 heterocycles. The van der Waals surface area contributed by atoms with E-state index in [0.717, 1.165) is 0 Å². The number of carbonyl (C=O) groups is 1. The summed E-state index contributed by atoms with van der Waals surface area (Å²) in [6, 6.07) is 5.57. The predicted molar refractivity (Wildman–Crippen MR) is 56.1 cm³/mol. The number of hydrogen-bond acceptors (Lipinski definition) is 1. The molecule has 1 aliphatic carbocycles. The Balaban J connectivity index is 1.81. The number of benzene rings is 1. The molecule has 1 fully saturated rings. The van der Waals surface area contributed by atoms with Crippen molar-refractivity contribution < 1.29 is 9.18 Å². The van der Waals surface area contributed by atoms with E-state index >= 15 is 0 Å². The van der Waals surface area contributed by atoms with E-state index in [1.807, 2.05) is 0 Å². The van der Waals surface area contributed by atoms with Gasteiger partial charge in [-0.3, -0.25) is 0 Å². The summed E-state index contributed by atoms with van der Waals surface area (Å²) < 4.78 is 12.8. The van der Waals surface area contributed by atoms with Gasteiger partial charge in [-0.25, -0.2) is 9.18 Å². The smallest absolute Gasteiger partial charge is 0.319 e. The first-order valence-corrected chi connectivity index (χ1v) is 5.04. The molecule has 0 atom stereocenters. The predicted octanol–water partition coefficient (Wildman–Crippen LogP) is 2.36. The Labute approximate surface area is 87.7 Å².